The van der Waals surface area contributed by atoms with Gasteiger partial charge in [-0.2, -0.15) is 0 Å². The van der Waals surface area contributed by atoms with E-state index in [4.69, 9.17) is 17.3 Å². The fourth-order valence-electron chi connectivity index (χ4n) is 2.40. The minimum atomic E-state index is -0.563. The van der Waals surface area contributed by atoms with E-state index < -0.39 is 11.8 Å². The Labute approximate surface area is 149 Å². The van der Waals surface area contributed by atoms with E-state index in [2.05, 4.69) is 15.6 Å². The van der Waals surface area contributed by atoms with Gasteiger partial charge in [0.25, 0.3) is 0 Å². The van der Waals surface area contributed by atoms with Crippen molar-refractivity contribution in [1.29, 1.82) is 0 Å². The third kappa shape index (κ3) is 3.97. The first kappa shape index (κ1) is 17.0. The van der Waals surface area contributed by atoms with Crippen molar-refractivity contribution in [2.24, 2.45) is 10.7 Å². The second kappa shape index (κ2) is 6.94. The minimum Gasteiger partial charge on any atom is -0.387 e. The number of halogens is 2. The van der Waals surface area contributed by atoms with Crippen molar-refractivity contribution in [3.63, 3.8) is 0 Å². The van der Waals surface area contributed by atoms with Gasteiger partial charge in [-0.05, 0) is 47.9 Å². The summed E-state index contributed by atoms with van der Waals surface area (Å²) in [6, 6.07) is 9.05. The largest absolute Gasteiger partial charge is 0.387 e. The lowest BCUT2D eigenvalue weighted by Crippen LogP contribution is -2.20. The maximum atomic E-state index is 14.0. The van der Waals surface area contributed by atoms with Crippen LogP contribution in [-0.4, -0.2) is 11.9 Å². The Bertz CT molecular complexity index is 908. The number of urea groups is 1. The summed E-state index contributed by atoms with van der Waals surface area (Å²) in [6.07, 6.45) is 2.14. The molecule has 1 aliphatic rings. The Hall–Kier alpha value is -2.86. The predicted molar refractivity (Wildman–Crippen MR) is 99.4 cm³/mol. The van der Waals surface area contributed by atoms with Gasteiger partial charge in [0.15, 0.2) is 0 Å². The summed E-state index contributed by atoms with van der Waals surface area (Å²) >= 11 is 6.03. The van der Waals surface area contributed by atoms with Gasteiger partial charge in [0.2, 0.25) is 0 Å². The van der Waals surface area contributed by atoms with Crippen LogP contribution in [-0.2, 0) is 0 Å². The van der Waals surface area contributed by atoms with E-state index in [0.29, 0.717) is 23.0 Å². The number of carbonyl (C=O) groups is 1. The molecule has 1 aliphatic heterocycles. The highest BCUT2D eigenvalue weighted by Crippen LogP contribution is 2.27. The van der Waals surface area contributed by atoms with E-state index in [1.807, 2.05) is 6.92 Å². The van der Waals surface area contributed by atoms with Crippen LogP contribution in [0.1, 0.15) is 17.5 Å². The lowest BCUT2D eigenvalue weighted by molar-refractivity contribution is 0.262. The standard InChI is InChI=1S/C18H16ClFN4O/c1-10-2-4-13(8-14(10)19)23-18(25)24-16-6-11(3-5-15(16)20)12-7-17(21)22-9-12/h2-6,8-9H,7H2,1H3,(H2,21,22)(H2,23,24,25). The third-order valence-electron chi connectivity index (χ3n) is 3.77. The van der Waals surface area contributed by atoms with E-state index >= 15 is 0 Å². The lowest BCUT2D eigenvalue weighted by Gasteiger charge is -2.11. The number of hydrogen-bond acceptors (Lipinski definition) is 3. The number of nitrogens with one attached hydrogen (secondary N) is 2. The van der Waals surface area contributed by atoms with Crippen LogP contribution in [0.25, 0.3) is 5.57 Å². The van der Waals surface area contributed by atoms with Gasteiger partial charge < -0.3 is 16.4 Å². The topological polar surface area (TPSA) is 79.5 Å². The van der Waals surface area contributed by atoms with E-state index in [1.165, 1.54) is 6.07 Å². The molecule has 0 atom stereocenters. The number of rotatable bonds is 3. The maximum Gasteiger partial charge on any atom is 0.323 e. The highest BCUT2D eigenvalue weighted by atomic mass is 35.5. The summed E-state index contributed by atoms with van der Waals surface area (Å²) in [6.45, 7) is 1.86. The molecule has 7 heteroatoms. The van der Waals surface area contributed by atoms with Crippen molar-refractivity contribution in [1.82, 2.24) is 0 Å². The fourth-order valence-corrected chi connectivity index (χ4v) is 2.58. The zero-order valence-electron chi connectivity index (χ0n) is 13.4. The summed E-state index contributed by atoms with van der Waals surface area (Å²) in [4.78, 5) is 16.1. The van der Waals surface area contributed by atoms with Crippen LogP contribution in [0.3, 0.4) is 0 Å². The summed E-state index contributed by atoms with van der Waals surface area (Å²) in [5.41, 5.74) is 8.76. The Morgan fingerprint density at radius 2 is 2.04 bits per heavy atom. The zero-order valence-corrected chi connectivity index (χ0v) is 14.2. The second-order valence-electron chi connectivity index (χ2n) is 5.69. The Morgan fingerprint density at radius 3 is 2.72 bits per heavy atom. The molecule has 0 aromatic heterocycles. The predicted octanol–water partition coefficient (Wildman–Crippen LogP) is 4.53. The molecule has 4 N–H and O–H groups in total. The molecular weight excluding hydrogens is 343 g/mol. The number of nitrogens with zero attached hydrogens (tertiary/aromatic N) is 1. The normalized spacial score (nSPS) is 13.2. The van der Waals surface area contributed by atoms with E-state index in [9.17, 15) is 9.18 Å². The van der Waals surface area contributed by atoms with Gasteiger partial charge in [-0.1, -0.05) is 23.7 Å². The van der Waals surface area contributed by atoms with Crippen molar-refractivity contribution >= 4 is 40.4 Å². The van der Waals surface area contributed by atoms with E-state index in [0.717, 1.165) is 16.7 Å². The number of carbonyl (C=O) groups excluding carboxylic acids is 1. The van der Waals surface area contributed by atoms with Crippen molar-refractivity contribution in [2.45, 2.75) is 13.3 Å². The number of amides is 2. The first-order valence-corrected chi connectivity index (χ1v) is 7.95. The number of aliphatic imine (C=N–C) groups is 1. The van der Waals surface area contributed by atoms with Crippen molar-refractivity contribution in [3.8, 4) is 0 Å². The Balaban J connectivity index is 1.73. The Kier molecular flexibility index (Phi) is 4.72. The molecule has 2 amide bonds. The highest BCUT2D eigenvalue weighted by molar-refractivity contribution is 6.31. The molecule has 1 heterocycles. The molecule has 0 saturated carbocycles. The van der Waals surface area contributed by atoms with Gasteiger partial charge >= 0.3 is 6.03 Å². The van der Waals surface area contributed by atoms with Crippen LogP contribution in [0.4, 0.5) is 20.6 Å². The number of benzene rings is 2. The van der Waals surface area contributed by atoms with Crippen molar-refractivity contribution < 1.29 is 9.18 Å². The quantitative estimate of drug-likeness (QED) is 0.753. The summed E-state index contributed by atoms with van der Waals surface area (Å²) in [5, 5.41) is 5.67. The average Bonchev–Trinajstić information content (AvgIpc) is 2.99. The van der Waals surface area contributed by atoms with Crippen LogP contribution in [0, 0.1) is 12.7 Å². The van der Waals surface area contributed by atoms with Crippen LogP contribution in [0.5, 0.6) is 0 Å². The number of aryl methyl sites for hydroxylation is 1. The maximum absolute atomic E-state index is 14.0. The molecule has 2 aromatic carbocycles. The monoisotopic (exact) mass is 358 g/mol. The molecule has 0 aliphatic carbocycles. The molecule has 0 spiro atoms. The first-order valence-electron chi connectivity index (χ1n) is 7.57. The minimum absolute atomic E-state index is 0.0691. The molecule has 0 fully saturated rings. The van der Waals surface area contributed by atoms with Gasteiger partial charge in [0.1, 0.15) is 11.7 Å². The number of hydrogen-bond donors (Lipinski definition) is 3. The Morgan fingerprint density at radius 1 is 1.24 bits per heavy atom. The van der Waals surface area contributed by atoms with Crippen molar-refractivity contribution in [3.05, 3.63) is 64.6 Å². The molecule has 25 heavy (non-hydrogen) atoms. The smallest absolute Gasteiger partial charge is 0.323 e. The molecule has 2 aromatic rings. The molecule has 0 radical (unpaired) electrons. The first-order chi connectivity index (χ1) is 11.9. The van der Waals surface area contributed by atoms with Crippen molar-refractivity contribution in [2.75, 3.05) is 10.6 Å². The number of anilines is 2. The molecule has 0 saturated heterocycles. The van der Waals surface area contributed by atoms with Crippen LogP contribution in [0.15, 0.2) is 47.6 Å². The average molecular weight is 359 g/mol. The summed E-state index contributed by atoms with van der Waals surface area (Å²) < 4.78 is 14.0. The lowest BCUT2D eigenvalue weighted by atomic mass is 10.0. The molecular formula is C18H16ClFN4O. The second-order valence-corrected chi connectivity index (χ2v) is 6.10. The van der Waals surface area contributed by atoms with Gasteiger partial charge in [0.05, 0.1) is 5.69 Å². The fraction of sp³-hybridized carbons (Fsp3) is 0.111. The van der Waals surface area contributed by atoms with Crippen LogP contribution >= 0.6 is 11.6 Å². The number of amidine groups is 1. The van der Waals surface area contributed by atoms with Gasteiger partial charge in [-0.3, -0.25) is 0 Å². The summed E-state index contributed by atoms with van der Waals surface area (Å²) in [5.74, 6) is -0.0313. The summed E-state index contributed by atoms with van der Waals surface area (Å²) in [7, 11) is 0. The van der Waals surface area contributed by atoms with E-state index in [-0.39, 0.29) is 5.69 Å². The van der Waals surface area contributed by atoms with Crippen LogP contribution < -0.4 is 16.4 Å². The SMILES string of the molecule is Cc1ccc(NC(=O)Nc2cc(C3=CN=C(N)C3)ccc2F)cc1Cl. The molecule has 3 rings (SSSR count). The number of nitrogens with two attached hydrogens (primary N) is 1. The van der Waals surface area contributed by atoms with E-state index in [1.54, 1.807) is 36.5 Å². The third-order valence-corrected chi connectivity index (χ3v) is 4.18. The van der Waals surface area contributed by atoms with Gasteiger partial charge in [0, 0.05) is 23.3 Å². The molecule has 0 bridgehead atoms. The zero-order chi connectivity index (χ0) is 18.0. The highest BCUT2D eigenvalue weighted by Gasteiger charge is 2.13. The molecule has 128 valence electrons. The molecule has 5 nitrogen and oxygen atoms in total. The van der Waals surface area contributed by atoms with Crippen LogP contribution in [0.2, 0.25) is 5.02 Å². The van der Waals surface area contributed by atoms with Gasteiger partial charge in [-0.25, -0.2) is 14.2 Å². The molecule has 0 unspecified atom stereocenters. The van der Waals surface area contributed by atoms with Gasteiger partial charge in [-0.15, -0.1) is 0 Å².